The van der Waals surface area contributed by atoms with Crippen LogP contribution < -0.4 is 11.1 Å². The van der Waals surface area contributed by atoms with Gasteiger partial charge in [-0.05, 0) is 37.6 Å². The highest BCUT2D eigenvalue weighted by molar-refractivity contribution is 5.76. The van der Waals surface area contributed by atoms with E-state index in [0.29, 0.717) is 26.1 Å². The van der Waals surface area contributed by atoms with Gasteiger partial charge in [0, 0.05) is 44.4 Å². The van der Waals surface area contributed by atoms with Gasteiger partial charge in [0.2, 0.25) is 5.91 Å². The molecular formula is C19H25F2N5O. The molecule has 1 aliphatic heterocycles. The van der Waals surface area contributed by atoms with E-state index >= 15 is 0 Å². The van der Waals surface area contributed by atoms with Crippen LogP contribution in [0.25, 0.3) is 5.69 Å². The largest absolute Gasteiger partial charge is 0.354 e. The number of hydrogen-bond acceptors (Lipinski definition) is 4. The van der Waals surface area contributed by atoms with Gasteiger partial charge in [0.15, 0.2) is 5.82 Å². The lowest BCUT2D eigenvalue weighted by Gasteiger charge is -2.35. The lowest BCUT2D eigenvalue weighted by Crippen LogP contribution is -2.46. The van der Waals surface area contributed by atoms with Gasteiger partial charge in [-0.2, -0.15) is 5.10 Å². The van der Waals surface area contributed by atoms with Crippen LogP contribution in [0.3, 0.4) is 0 Å². The molecule has 1 atom stereocenters. The molecule has 1 amide bonds. The number of likely N-dealkylation sites (tertiary alicyclic amines) is 1. The number of carbonyl (C=O) groups excluding carboxylic acids is 1. The van der Waals surface area contributed by atoms with Crippen LogP contribution in [0.15, 0.2) is 30.5 Å². The molecule has 1 aromatic heterocycles. The number of aromatic nitrogens is 2. The summed E-state index contributed by atoms with van der Waals surface area (Å²) in [5.74, 6) is -1.29. The van der Waals surface area contributed by atoms with Crippen LogP contribution in [0.1, 0.15) is 31.4 Å². The maximum Gasteiger partial charge on any atom is 0.221 e. The Labute approximate surface area is 157 Å². The number of nitrogens with one attached hydrogen (secondary N) is 1. The fourth-order valence-corrected chi connectivity index (χ4v) is 3.41. The van der Waals surface area contributed by atoms with Crippen LogP contribution in [-0.2, 0) is 11.3 Å². The molecule has 0 bridgehead atoms. The zero-order valence-electron chi connectivity index (χ0n) is 15.2. The average molecular weight is 377 g/mol. The molecule has 6 nitrogen and oxygen atoms in total. The van der Waals surface area contributed by atoms with E-state index in [1.807, 2.05) is 6.07 Å². The number of nitrogens with zero attached hydrogens (tertiary/aromatic N) is 3. The summed E-state index contributed by atoms with van der Waals surface area (Å²) in [7, 11) is 0. The quantitative estimate of drug-likeness (QED) is 0.774. The van der Waals surface area contributed by atoms with Crippen molar-refractivity contribution in [2.45, 2.75) is 38.3 Å². The second-order valence-corrected chi connectivity index (χ2v) is 6.81. The molecule has 3 rings (SSSR count). The molecular weight excluding hydrogens is 352 g/mol. The fraction of sp³-hybridized carbons (Fsp3) is 0.474. The third kappa shape index (κ3) is 5.11. The van der Waals surface area contributed by atoms with Crippen LogP contribution in [0.4, 0.5) is 8.78 Å². The highest BCUT2D eigenvalue weighted by Gasteiger charge is 2.23. The molecule has 0 aliphatic carbocycles. The molecule has 1 fully saturated rings. The van der Waals surface area contributed by atoms with Crippen molar-refractivity contribution in [1.29, 1.82) is 0 Å². The zero-order chi connectivity index (χ0) is 19.2. The highest BCUT2D eigenvalue weighted by atomic mass is 19.1. The van der Waals surface area contributed by atoms with E-state index in [2.05, 4.69) is 15.3 Å². The standard InChI is InChI=1S/C19H25F2N5O/c20-14-4-5-18(17(21)11-14)26-10-7-15(24-26)13-25-9-2-1-3-16(25)12-23-19(27)6-8-22/h4-5,7,10-11,16H,1-3,6,8-9,12-13,22H2,(H,23,27). The predicted molar refractivity (Wildman–Crippen MR) is 98.2 cm³/mol. The molecule has 2 aromatic rings. The van der Waals surface area contributed by atoms with Gasteiger partial charge < -0.3 is 11.1 Å². The van der Waals surface area contributed by atoms with Crippen molar-refractivity contribution in [3.8, 4) is 5.69 Å². The summed E-state index contributed by atoms with van der Waals surface area (Å²) < 4.78 is 28.5. The summed E-state index contributed by atoms with van der Waals surface area (Å²) >= 11 is 0. The van der Waals surface area contributed by atoms with Gasteiger partial charge in [0.1, 0.15) is 11.5 Å². The average Bonchev–Trinajstić information content (AvgIpc) is 3.09. The van der Waals surface area contributed by atoms with Crippen molar-refractivity contribution in [1.82, 2.24) is 20.0 Å². The number of nitrogens with two attached hydrogens (primary N) is 1. The van der Waals surface area contributed by atoms with Crippen molar-refractivity contribution in [2.24, 2.45) is 5.73 Å². The minimum atomic E-state index is -0.650. The van der Waals surface area contributed by atoms with Crippen molar-refractivity contribution < 1.29 is 13.6 Å². The summed E-state index contributed by atoms with van der Waals surface area (Å²) in [6.45, 7) is 2.48. The maximum absolute atomic E-state index is 13.9. The first kappa shape index (κ1) is 19.4. The van der Waals surface area contributed by atoms with Crippen LogP contribution in [0.2, 0.25) is 0 Å². The summed E-state index contributed by atoms with van der Waals surface area (Å²) in [4.78, 5) is 14.0. The minimum absolute atomic E-state index is 0.0286. The van der Waals surface area contributed by atoms with E-state index in [4.69, 9.17) is 5.73 Å². The number of piperidine rings is 1. The van der Waals surface area contributed by atoms with Crippen LogP contribution >= 0.6 is 0 Å². The van der Waals surface area contributed by atoms with Gasteiger partial charge in [0.05, 0.1) is 5.69 Å². The molecule has 27 heavy (non-hydrogen) atoms. The molecule has 146 valence electrons. The molecule has 0 saturated carbocycles. The van der Waals surface area contributed by atoms with Gasteiger partial charge in [0.25, 0.3) is 0 Å². The number of hydrogen-bond donors (Lipinski definition) is 2. The van der Waals surface area contributed by atoms with Crippen LogP contribution in [0, 0.1) is 11.6 Å². The first-order valence-corrected chi connectivity index (χ1v) is 9.27. The van der Waals surface area contributed by atoms with E-state index in [1.54, 1.807) is 6.20 Å². The van der Waals surface area contributed by atoms with E-state index in [9.17, 15) is 13.6 Å². The van der Waals surface area contributed by atoms with Crippen molar-refractivity contribution in [3.05, 3.63) is 47.8 Å². The Morgan fingerprint density at radius 3 is 2.93 bits per heavy atom. The molecule has 8 heteroatoms. The first-order chi connectivity index (χ1) is 13.1. The molecule has 0 radical (unpaired) electrons. The Morgan fingerprint density at radius 1 is 1.30 bits per heavy atom. The lowest BCUT2D eigenvalue weighted by molar-refractivity contribution is -0.121. The van der Waals surface area contributed by atoms with E-state index < -0.39 is 11.6 Å². The lowest BCUT2D eigenvalue weighted by atomic mass is 10.0. The Hall–Kier alpha value is -2.32. The fourth-order valence-electron chi connectivity index (χ4n) is 3.41. The van der Waals surface area contributed by atoms with Crippen molar-refractivity contribution >= 4 is 5.91 Å². The van der Waals surface area contributed by atoms with Crippen LogP contribution in [-0.4, -0.2) is 46.3 Å². The third-order valence-electron chi connectivity index (χ3n) is 4.82. The molecule has 1 aliphatic rings. The van der Waals surface area contributed by atoms with Gasteiger partial charge >= 0.3 is 0 Å². The van der Waals surface area contributed by atoms with Gasteiger partial charge in [-0.3, -0.25) is 9.69 Å². The monoisotopic (exact) mass is 377 g/mol. The molecule has 2 heterocycles. The molecule has 0 spiro atoms. The predicted octanol–water partition coefficient (Wildman–Crippen LogP) is 1.97. The molecule has 3 N–H and O–H groups in total. The van der Waals surface area contributed by atoms with Gasteiger partial charge in [-0.25, -0.2) is 13.5 Å². The SMILES string of the molecule is NCCC(=O)NCC1CCCCN1Cc1ccn(-c2ccc(F)cc2F)n1. The normalized spacial score (nSPS) is 17.8. The summed E-state index contributed by atoms with van der Waals surface area (Å²) in [6, 6.07) is 5.51. The Bertz CT molecular complexity index is 779. The zero-order valence-corrected chi connectivity index (χ0v) is 15.2. The topological polar surface area (TPSA) is 76.2 Å². The molecule has 1 saturated heterocycles. The summed E-state index contributed by atoms with van der Waals surface area (Å²) in [6.07, 6.45) is 5.24. The van der Waals surface area contributed by atoms with E-state index in [0.717, 1.165) is 37.6 Å². The van der Waals surface area contributed by atoms with Gasteiger partial charge in [-0.1, -0.05) is 6.42 Å². The number of halogens is 2. The number of amides is 1. The maximum atomic E-state index is 13.9. The smallest absolute Gasteiger partial charge is 0.221 e. The Kier molecular flexibility index (Phi) is 6.52. The second-order valence-electron chi connectivity index (χ2n) is 6.81. The third-order valence-corrected chi connectivity index (χ3v) is 4.82. The molecule has 1 aromatic carbocycles. The van der Waals surface area contributed by atoms with Crippen LogP contribution in [0.5, 0.6) is 0 Å². The summed E-state index contributed by atoms with van der Waals surface area (Å²) in [5, 5.41) is 7.37. The highest BCUT2D eigenvalue weighted by Crippen LogP contribution is 2.20. The Morgan fingerprint density at radius 2 is 2.15 bits per heavy atom. The second kappa shape index (κ2) is 9.05. The number of benzene rings is 1. The number of rotatable bonds is 7. The van der Waals surface area contributed by atoms with Crippen molar-refractivity contribution in [2.75, 3.05) is 19.6 Å². The van der Waals surface area contributed by atoms with Crippen molar-refractivity contribution in [3.63, 3.8) is 0 Å². The minimum Gasteiger partial charge on any atom is -0.354 e. The molecule has 1 unspecified atom stereocenters. The van der Waals surface area contributed by atoms with Gasteiger partial charge in [-0.15, -0.1) is 0 Å². The summed E-state index contributed by atoms with van der Waals surface area (Å²) in [5.41, 5.74) is 6.43. The van der Waals surface area contributed by atoms with E-state index in [-0.39, 0.29) is 17.6 Å². The van der Waals surface area contributed by atoms with E-state index in [1.165, 1.54) is 16.8 Å². The number of carbonyl (C=O) groups is 1. The first-order valence-electron chi connectivity index (χ1n) is 9.27. The Balaban J connectivity index is 1.64.